The maximum Gasteiger partial charge on any atom is 0.234 e. The summed E-state index contributed by atoms with van der Waals surface area (Å²) in [6.45, 7) is 1.09. The van der Waals surface area contributed by atoms with Crippen LogP contribution in [0.15, 0.2) is 18.2 Å². The normalized spacial score (nSPS) is 13.8. The van der Waals surface area contributed by atoms with Gasteiger partial charge in [-0.2, -0.15) is 0 Å². The van der Waals surface area contributed by atoms with Gasteiger partial charge in [-0.1, -0.05) is 6.07 Å². The summed E-state index contributed by atoms with van der Waals surface area (Å²) < 4.78 is 5.46. The quantitative estimate of drug-likeness (QED) is 0.727. The molecule has 1 heterocycles. The van der Waals surface area contributed by atoms with Crippen LogP contribution in [-0.4, -0.2) is 32.0 Å². The number of fused-ring (bicyclic) bond motifs is 1. The van der Waals surface area contributed by atoms with Crippen LogP contribution in [0, 0.1) is 0 Å². The van der Waals surface area contributed by atoms with Gasteiger partial charge in [0.25, 0.3) is 0 Å². The molecule has 19 heavy (non-hydrogen) atoms. The molecule has 0 bridgehead atoms. The van der Waals surface area contributed by atoms with Crippen molar-refractivity contribution in [3.8, 4) is 5.75 Å². The lowest BCUT2D eigenvalue weighted by Gasteiger charge is -2.10. The van der Waals surface area contributed by atoms with Crippen LogP contribution in [0.2, 0.25) is 0 Å². The molecule has 0 aromatic heterocycles. The van der Waals surface area contributed by atoms with E-state index in [2.05, 4.69) is 16.0 Å². The molecule has 102 valence electrons. The molecule has 6 heteroatoms. The first-order chi connectivity index (χ1) is 9.19. The van der Waals surface area contributed by atoms with E-state index in [0.717, 1.165) is 5.56 Å². The van der Waals surface area contributed by atoms with Crippen LogP contribution in [0.5, 0.6) is 5.75 Å². The highest BCUT2D eigenvalue weighted by Crippen LogP contribution is 2.27. The van der Waals surface area contributed by atoms with Crippen LogP contribution < -0.4 is 20.7 Å². The lowest BCUT2D eigenvalue weighted by molar-refractivity contribution is -0.120. The standard InChI is InChI=1S/C13H17N3O3/c1-14-8-13(18)15-7-9-2-3-11-10(6-9)16-12(17)4-5-19-11/h2-3,6,14H,4-5,7-8H2,1H3,(H,15,18)(H,16,17). The van der Waals surface area contributed by atoms with E-state index in [-0.39, 0.29) is 18.4 Å². The van der Waals surface area contributed by atoms with Crippen molar-refractivity contribution < 1.29 is 14.3 Å². The Balaban J connectivity index is 2.03. The molecule has 1 aromatic carbocycles. The molecule has 2 rings (SSSR count). The zero-order valence-electron chi connectivity index (χ0n) is 10.8. The molecule has 0 atom stereocenters. The topological polar surface area (TPSA) is 79.5 Å². The highest BCUT2D eigenvalue weighted by molar-refractivity contribution is 5.93. The van der Waals surface area contributed by atoms with Crippen LogP contribution in [0.25, 0.3) is 0 Å². The summed E-state index contributed by atoms with van der Waals surface area (Å²) in [6, 6.07) is 5.49. The Kier molecular flexibility index (Phi) is 4.35. The second kappa shape index (κ2) is 6.19. The molecule has 2 amide bonds. The number of anilines is 1. The summed E-state index contributed by atoms with van der Waals surface area (Å²) in [5.41, 5.74) is 1.57. The number of benzene rings is 1. The minimum Gasteiger partial charge on any atom is -0.491 e. The molecule has 3 N–H and O–H groups in total. The molecule has 0 spiro atoms. The van der Waals surface area contributed by atoms with Crippen molar-refractivity contribution in [3.63, 3.8) is 0 Å². The smallest absolute Gasteiger partial charge is 0.234 e. The zero-order chi connectivity index (χ0) is 13.7. The first kappa shape index (κ1) is 13.4. The van der Waals surface area contributed by atoms with E-state index in [0.29, 0.717) is 31.0 Å². The summed E-state index contributed by atoms with van der Waals surface area (Å²) >= 11 is 0. The second-order valence-electron chi connectivity index (χ2n) is 4.28. The van der Waals surface area contributed by atoms with Gasteiger partial charge in [0.2, 0.25) is 11.8 Å². The molecule has 0 fully saturated rings. The maximum absolute atomic E-state index is 11.4. The Morgan fingerprint density at radius 2 is 2.32 bits per heavy atom. The number of carbonyl (C=O) groups is 2. The van der Waals surface area contributed by atoms with Gasteiger partial charge in [0.05, 0.1) is 25.3 Å². The lowest BCUT2D eigenvalue weighted by Crippen LogP contribution is -2.31. The Morgan fingerprint density at radius 1 is 1.47 bits per heavy atom. The van der Waals surface area contributed by atoms with Gasteiger partial charge in [-0.25, -0.2) is 0 Å². The molecular formula is C13H17N3O3. The van der Waals surface area contributed by atoms with Crippen molar-refractivity contribution >= 4 is 17.5 Å². The molecule has 0 saturated heterocycles. The molecular weight excluding hydrogens is 246 g/mol. The van der Waals surface area contributed by atoms with Gasteiger partial charge in [-0.05, 0) is 24.7 Å². The molecule has 0 aliphatic carbocycles. The summed E-state index contributed by atoms with van der Waals surface area (Å²) in [5, 5.41) is 8.34. The molecule has 1 aromatic rings. The molecule has 1 aliphatic heterocycles. The fourth-order valence-corrected chi connectivity index (χ4v) is 1.80. The van der Waals surface area contributed by atoms with E-state index < -0.39 is 0 Å². The number of ether oxygens (including phenoxy) is 1. The third-order valence-electron chi connectivity index (χ3n) is 2.73. The van der Waals surface area contributed by atoms with Crippen LogP contribution in [-0.2, 0) is 16.1 Å². The predicted octanol–water partition coefficient (Wildman–Crippen LogP) is 0.243. The van der Waals surface area contributed by atoms with E-state index >= 15 is 0 Å². The molecule has 1 aliphatic rings. The van der Waals surface area contributed by atoms with E-state index in [9.17, 15) is 9.59 Å². The van der Waals surface area contributed by atoms with Gasteiger partial charge >= 0.3 is 0 Å². The number of hydrogen-bond acceptors (Lipinski definition) is 4. The van der Waals surface area contributed by atoms with Crippen LogP contribution in [0.1, 0.15) is 12.0 Å². The number of likely N-dealkylation sites (N-methyl/N-ethyl adjacent to an activating group) is 1. The number of amides is 2. The van der Waals surface area contributed by atoms with E-state index in [1.54, 1.807) is 13.1 Å². The minimum absolute atomic E-state index is 0.0601. The van der Waals surface area contributed by atoms with Crippen LogP contribution in [0.4, 0.5) is 5.69 Å². The molecule has 0 saturated carbocycles. The van der Waals surface area contributed by atoms with Crippen molar-refractivity contribution in [2.24, 2.45) is 0 Å². The van der Waals surface area contributed by atoms with Crippen molar-refractivity contribution in [2.45, 2.75) is 13.0 Å². The highest BCUT2D eigenvalue weighted by Gasteiger charge is 2.14. The van der Waals surface area contributed by atoms with Crippen molar-refractivity contribution in [2.75, 3.05) is 25.5 Å². The number of rotatable bonds is 4. The van der Waals surface area contributed by atoms with E-state index in [4.69, 9.17) is 4.74 Å². The zero-order valence-corrected chi connectivity index (χ0v) is 10.8. The summed E-state index contributed by atoms with van der Waals surface area (Å²) in [6.07, 6.45) is 0.350. The monoisotopic (exact) mass is 263 g/mol. The van der Waals surface area contributed by atoms with Gasteiger partial charge < -0.3 is 20.7 Å². The number of nitrogens with one attached hydrogen (secondary N) is 3. The third kappa shape index (κ3) is 3.69. The molecule has 6 nitrogen and oxygen atoms in total. The number of carbonyl (C=O) groups excluding carboxylic acids is 2. The fourth-order valence-electron chi connectivity index (χ4n) is 1.80. The van der Waals surface area contributed by atoms with Crippen LogP contribution in [0.3, 0.4) is 0 Å². The largest absolute Gasteiger partial charge is 0.491 e. The fraction of sp³-hybridized carbons (Fsp3) is 0.385. The van der Waals surface area contributed by atoms with E-state index in [1.807, 2.05) is 12.1 Å². The highest BCUT2D eigenvalue weighted by atomic mass is 16.5. The van der Waals surface area contributed by atoms with Crippen LogP contribution >= 0.6 is 0 Å². The van der Waals surface area contributed by atoms with Gasteiger partial charge in [0.15, 0.2) is 0 Å². The van der Waals surface area contributed by atoms with Gasteiger partial charge in [-0.15, -0.1) is 0 Å². The van der Waals surface area contributed by atoms with Crippen molar-refractivity contribution in [1.82, 2.24) is 10.6 Å². The summed E-state index contributed by atoms with van der Waals surface area (Å²) in [7, 11) is 1.72. The Hall–Kier alpha value is -2.08. The Labute approximate surface area is 111 Å². The predicted molar refractivity (Wildman–Crippen MR) is 71.0 cm³/mol. The SMILES string of the molecule is CNCC(=O)NCc1ccc2c(c1)NC(=O)CCO2. The average molecular weight is 263 g/mol. The first-order valence-electron chi connectivity index (χ1n) is 6.16. The third-order valence-corrected chi connectivity index (χ3v) is 2.73. The molecule has 0 radical (unpaired) electrons. The Bertz CT molecular complexity index is 488. The number of hydrogen-bond donors (Lipinski definition) is 3. The van der Waals surface area contributed by atoms with Crippen molar-refractivity contribution in [1.29, 1.82) is 0 Å². The van der Waals surface area contributed by atoms with Crippen molar-refractivity contribution in [3.05, 3.63) is 23.8 Å². The Morgan fingerprint density at radius 3 is 3.11 bits per heavy atom. The van der Waals surface area contributed by atoms with Gasteiger partial charge in [0, 0.05) is 6.54 Å². The van der Waals surface area contributed by atoms with E-state index in [1.165, 1.54) is 0 Å². The molecule has 0 unspecified atom stereocenters. The summed E-state index contributed by atoms with van der Waals surface area (Å²) in [4.78, 5) is 22.8. The summed E-state index contributed by atoms with van der Waals surface area (Å²) in [5.74, 6) is 0.531. The first-order valence-corrected chi connectivity index (χ1v) is 6.16. The van der Waals surface area contributed by atoms with Gasteiger partial charge in [-0.3, -0.25) is 9.59 Å². The second-order valence-corrected chi connectivity index (χ2v) is 4.28. The van der Waals surface area contributed by atoms with Gasteiger partial charge in [0.1, 0.15) is 5.75 Å². The minimum atomic E-state index is -0.0715. The lowest BCUT2D eigenvalue weighted by atomic mass is 10.2. The average Bonchev–Trinajstić information content (AvgIpc) is 2.56. The maximum atomic E-state index is 11.4.